The van der Waals surface area contributed by atoms with Gasteiger partial charge in [-0.3, -0.25) is 4.79 Å². The molecule has 1 aliphatic rings. The van der Waals surface area contributed by atoms with Gasteiger partial charge in [-0.05, 0) is 30.9 Å². The summed E-state index contributed by atoms with van der Waals surface area (Å²) in [5, 5.41) is 11.1. The number of ketones is 1. The van der Waals surface area contributed by atoms with Crippen LogP contribution in [0.4, 0.5) is 11.5 Å². The summed E-state index contributed by atoms with van der Waals surface area (Å²) in [7, 11) is 0. The van der Waals surface area contributed by atoms with E-state index >= 15 is 0 Å². The highest BCUT2D eigenvalue weighted by Crippen LogP contribution is 2.24. The number of anilines is 1. The molecule has 6 nitrogen and oxygen atoms in total. The van der Waals surface area contributed by atoms with Crippen molar-refractivity contribution in [3.63, 3.8) is 0 Å². The normalized spacial score (nSPS) is 14.3. The van der Waals surface area contributed by atoms with Crippen LogP contribution in [0.5, 0.6) is 0 Å². The van der Waals surface area contributed by atoms with Crippen LogP contribution in [0.2, 0.25) is 0 Å². The number of pyridine rings is 1. The molecule has 0 saturated carbocycles. The van der Waals surface area contributed by atoms with Gasteiger partial charge in [0, 0.05) is 30.8 Å². The third-order valence-electron chi connectivity index (χ3n) is 3.79. The van der Waals surface area contributed by atoms with Gasteiger partial charge in [0.2, 0.25) is 5.78 Å². The minimum absolute atomic E-state index is 0. The Balaban J connectivity index is 0.00000288. The van der Waals surface area contributed by atoms with E-state index in [0.29, 0.717) is 5.69 Å². The predicted octanol–water partition coefficient (Wildman–Crippen LogP) is 1.09. The molecule has 1 aromatic heterocycles. The molecule has 1 aromatic rings. The van der Waals surface area contributed by atoms with Crippen LogP contribution in [0.1, 0.15) is 33.6 Å². The van der Waals surface area contributed by atoms with E-state index in [9.17, 15) is 10.0 Å². The molecule has 0 amide bonds. The van der Waals surface area contributed by atoms with Crippen LogP contribution in [0, 0.1) is 22.5 Å². The Morgan fingerprint density at radius 1 is 1.38 bits per heavy atom. The Bertz CT molecular complexity index is 656. The SMILES string of the molecule is CC(C)(C)C(=O)C#CC=C1CCN(c2ncccc2[NH2+][O-])CC1.O. The van der Waals surface area contributed by atoms with E-state index in [0.717, 1.165) is 37.2 Å². The third-order valence-corrected chi connectivity index (χ3v) is 3.79. The van der Waals surface area contributed by atoms with Crippen molar-refractivity contribution in [2.75, 3.05) is 18.0 Å². The van der Waals surface area contributed by atoms with Gasteiger partial charge in [-0.1, -0.05) is 32.3 Å². The molecule has 2 rings (SSSR count). The lowest BCUT2D eigenvalue weighted by molar-refractivity contribution is -0.496. The lowest BCUT2D eigenvalue weighted by Crippen LogP contribution is -2.70. The zero-order valence-corrected chi connectivity index (χ0v) is 14.4. The van der Waals surface area contributed by atoms with Gasteiger partial charge in [0.25, 0.3) is 0 Å². The van der Waals surface area contributed by atoms with Crippen molar-refractivity contribution in [1.82, 2.24) is 4.98 Å². The average molecular weight is 331 g/mol. The number of quaternary nitrogens is 1. The zero-order valence-electron chi connectivity index (χ0n) is 14.4. The van der Waals surface area contributed by atoms with Gasteiger partial charge in [0.05, 0.1) is 0 Å². The van der Waals surface area contributed by atoms with Crippen molar-refractivity contribution in [3.05, 3.63) is 35.2 Å². The Morgan fingerprint density at radius 3 is 2.62 bits per heavy atom. The Labute approximate surface area is 142 Å². The lowest BCUT2D eigenvalue weighted by atomic mass is 9.91. The number of allylic oxidation sites excluding steroid dienone is 1. The fourth-order valence-electron chi connectivity index (χ4n) is 2.31. The first-order valence-corrected chi connectivity index (χ1v) is 7.81. The summed E-state index contributed by atoms with van der Waals surface area (Å²) >= 11 is 0. The van der Waals surface area contributed by atoms with Crippen LogP contribution in [0.15, 0.2) is 30.0 Å². The monoisotopic (exact) mass is 331 g/mol. The van der Waals surface area contributed by atoms with E-state index in [-0.39, 0.29) is 11.3 Å². The van der Waals surface area contributed by atoms with E-state index in [1.807, 2.05) is 26.8 Å². The molecule has 0 radical (unpaired) electrons. The topological polar surface area (TPSA) is 104 Å². The average Bonchev–Trinajstić information content (AvgIpc) is 2.54. The second-order valence-electron chi connectivity index (χ2n) is 6.67. The van der Waals surface area contributed by atoms with Crippen molar-refractivity contribution >= 4 is 17.3 Å². The number of hydrogen-bond donors (Lipinski definition) is 1. The molecule has 24 heavy (non-hydrogen) atoms. The predicted molar refractivity (Wildman–Crippen MR) is 94.6 cm³/mol. The number of carbonyl (C=O) groups is 1. The molecule has 1 aliphatic heterocycles. The second-order valence-corrected chi connectivity index (χ2v) is 6.67. The van der Waals surface area contributed by atoms with Crippen LogP contribution in [-0.2, 0) is 4.79 Å². The van der Waals surface area contributed by atoms with E-state index in [1.54, 1.807) is 18.3 Å². The third kappa shape index (κ3) is 5.17. The fourth-order valence-corrected chi connectivity index (χ4v) is 2.31. The van der Waals surface area contributed by atoms with Crippen LogP contribution in [0.25, 0.3) is 0 Å². The summed E-state index contributed by atoms with van der Waals surface area (Å²) < 4.78 is 0. The van der Waals surface area contributed by atoms with Gasteiger partial charge in [-0.2, -0.15) is 0 Å². The molecule has 0 aromatic carbocycles. The Hall–Kier alpha value is -2.20. The minimum atomic E-state index is -0.418. The standard InChI is InChI=1S/C18H23N3O2.H2O/c1-18(2,3)16(22)8-4-6-14-9-12-21(13-10-14)17-15(20-23)7-5-11-19-17;/h5-7,11H,9-10,12-13,20H2,1-3H3;1H2. The number of nitrogens with zero attached hydrogens (tertiary/aromatic N) is 2. The van der Waals surface area contributed by atoms with Gasteiger partial charge < -0.3 is 21.1 Å². The number of Topliss-reactive ketones (excluding diaryl/α,β-unsaturated/α-hetero) is 1. The van der Waals surface area contributed by atoms with Gasteiger partial charge in [-0.25, -0.2) is 4.98 Å². The molecule has 0 aliphatic carbocycles. The molecule has 0 unspecified atom stereocenters. The summed E-state index contributed by atoms with van der Waals surface area (Å²) in [6, 6.07) is 3.55. The summed E-state index contributed by atoms with van der Waals surface area (Å²) in [6.07, 6.45) is 5.30. The van der Waals surface area contributed by atoms with Gasteiger partial charge in [0.15, 0.2) is 11.5 Å². The molecule has 0 atom stereocenters. The first-order chi connectivity index (χ1) is 10.9. The highest BCUT2D eigenvalue weighted by atomic mass is 16.5. The number of piperidine rings is 1. The zero-order chi connectivity index (χ0) is 16.9. The smallest absolute Gasteiger partial charge is 0.211 e. The number of carbonyl (C=O) groups excluding carboxylic acids is 1. The molecule has 1 saturated heterocycles. The maximum absolute atomic E-state index is 11.8. The summed E-state index contributed by atoms with van der Waals surface area (Å²) in [6.45, 7) is 7.21. The first kappa shape index (κ1) is 19.8. The van der Waals surface area contributed by atoms with Crippen molar-refractivity contribution in [2.45, 2.75) is 33.6 Å². The van der Waals surface area contributed by atoms with E-state index in [2.05, 4.69) is 21.7 Å². The van der Waals surface area contributed by atoms with Crippen LogP contribution >= 0.6 is 0 Å². The van der Waals surface area contributed by atoms with Gasteiger partial charge in [0.1, 0.15) is 0 Å². The molecule has 130 valence electrons. The number of nitrogens with two attached hydrogens (primary N) is 1. The van der Waals surface area contributed by atoms with Gasteiger partial charge in [-0.15, -0.1) is 0 Å². The highest BCUT2D eigenvalue weighted by Gasteiger charge is 2.19. The van der Waals surface area contributed by atoms with Crippen molar-refractivity contribution < 1.29 is 15.8 Å². The first-order valence-electron chi connectivity index (χ1n) is 7.81. The maximum Gasteiger partial charge on any atom is 0.211 e. The molecule has 0 spiro atoms. The summed E-state index contributed by atoms with van der Waals surface area (Å²) in [5.41, 5.74) is 2.28. The number of rotatable bonds is 2. The van der Waals surface area contributed by atoms with Crippen LogP contribution in [0.3, 0.4) is 0 Å². The fraction of sp³-hybridized carbons (Fsp3) is 0.444. The summed E-state index contributed by atoms with van der Waals surface area (Å²) in [4.78, 5) is 18.2. The molecule has 1 fully saturated rings. The molecular formula is C18H25N3O3. The van der Waals surface area contributed by atoms with Crippen molar-refractivity contribution in [2.24, 2.45) is 5.41 Å². The highest BCUT2D eigenvalue weighted by molar-refractivity contribution is 5.99. The number of aromatic nitrogens is 1. The largest absolute Gasteiger partial charge is 0.630 e. The van der Waals surface area contributed by atoms with Crippen molar-refractivity contribution in [1.29, 1.82) is 0 Å². The lowest BCUT2D eigenvalue weighted by Gasteiger charge is -2.29. The van der Waals surface area contributed by atoms with E-state index in [1.165, 1.54) is 5.57 Å². The van der Waals surface area contributed by atoms with E-state index in [4.69, 9.17) is 0 Å². The molecule has 6 heteroatoms. The quantitative estimate of drug-likeness (QED) is 0.497. The number of hydrogen-bond acceptors (Lipinski definition) is 4. The maximum atomic E-state index is 11.8. The molecule has 2 heterocycles. The summed E-state index contributed by atoms with van der Waals surface area (Å²) in [5.74, 6) is 6.28. The molecule has 0 bridgehead atoms. The minimum Gasteiger partial charge on any atom is -0.630 e. The Morgan fingerprint density at radius 2 is 2.04 bits per heavy atom. The Kier molecular flexibility index (Phi) is 7.11. The second kappa shape index (κ2) is 8.60. The molecular weight excluding hydrogens is 306 g/mol. The molecule has 4 N–H and O–H groups in total. The van der Waals surface area contributed by atoms with Crippen LogP contribution in [-0.4, -0.2) is 29.3 Å². The van der Waals surface area contributed by atoms with Gasteiger partial charge >= 0.3 is 0 Å². The van der Waals surface area contributed by atoms with E-state index < -0.39 is 5.41 Å². The van der Waals surface area contributed by atoms with Crippen molar-refractivity contribution in [3.8, 4) is 11.8 Å². The van der Waals surface area contributed by atoms with Crippen LogP contribution < -0.4 is 10.4 Å².